The summed E-state index contributed by atoms with van der Waals surface area (Å²) in [5.74, 6) is -0.861. The monoisotopic (exact) mass is 278 g/mol. The summed E-state index contributed by atoms with van der Waals surface area (Å²) in [7, 11) is 0. The average molecular weight is 278 g/mol. The number of carboxylic acid groups (broad SMARTS) is 1. The molecular weight excluding hydrogens is 268 g/mol. The Hall–Kier alpha value is -0.000260. The number of thiophene rings is 1. The predicted molar refractivity (Wildman–Crippen MR) is 69.8 cm³/mol. The molecular formula is C11H10CaO2S2. The minimum absolute atomic E-state index is 0. The van der Waals surface area contributed by atoms with Gasteiger partial charge in [0.2, 0.25) is 0 Å². The van der Waals surface area contributed by atoms with E-state index in [1.807, 2.05) is 36.4 Å². The van der Waals surface area contributed by atoms with Crippen LogP contribution in [0.5, 0.6) is 0 Å². The van der Waals surface area contributed by atoms with Crippen LogP contribution in [0.3, 0.4) is 0 Å². The maximum atomic E-state index is 10.7. The number of aromatic carboxylic acids is 1. The fourth-order valence-corrected chi connectivity index (χ4v) is 3.06. The fourth-order valence-electron chi connectivity index (χ4n) is 1.09. The normalized spacial score (nSPS) is 9.50. The molecule has 0 spiro atoms. The Balaban J connectivity index is 0. The summed E-state index contributed by atoms with van der Waals surface area (Å²) in [5.41, 5.74) is 0. The van der Waals surface area contributed by atoms with Gasteiger partial charge in [0.05, 0.1) is 4.21 Å². The molecule has 1 aromatic heterocycles. The molecule has 0 radical (unpaired) electrons. The zero-order chi connectivity index (χ0) is 10.7. The second kappa shape index (κ2) is 6.67. The van der Waals surface area contributed by atoms with Crippen LogP contribution in [0, 0.1) is 0 Å². The SMILES string of the molecule is O=C(O)c1ccc(Sc2ccccc2)s1.[Ca+2].[H-].[H-]. The molecule has 0 bridgehead atoms. The summed E-state index contributed by atoms with van der Waals surface area (Å²) in [6, 6.07) is 13.4. The minimum Gasteiger partial charge on any atom is -1.00 e. The Morgan fingerprint density at radius 1 is 1.19 bits per heavy atom. The Bertz CT molecular complexity index is 477. The van der Waals surface area contributed by atoms with Crippen LogP contribution < -0.4 is 0 Å². The zero-order valence-corrected chi connectivity index (χ0v) is 12.3. The molecule has 2 rings (SSSR count). The first-order valence-electron chi connectivity index (χ1n) is 4.32. The summed E-state index contributed by atoms with van der Waals surface area (Å²) in [6.07, 6.45) is 0. The standard InChI is InChI=1S/C11H8O2S2.Ca.2H/c12-11(13)9-6-7-10(15-9)14-8-4-2-1-3-5-8;;;/h1-7H,(H,12,13);;;/q;+2;2*-1. The minimum atomic E-state index is -0.861. The second-order valence-corrected chi connectivity index (χ2v) is 5.30. The molecule has 1 N–H and O–H groups in total. The quantitative estimate of drug-likeness (QED) is 0.874. The van der Waals surface area contributed by atoms with Crippen LogP contribution in [0.2, 0.25) is 0 Å². The van der Waals surface area contributed by atoms with Crippen LogP contribution in [0.1, 0.15) is 12.5 Å². The van der Waals surface area contributed by atoms with Crippen molar-refractivity contribution < 1.29 is 12.8 Å². The Kier molecular flexibility index (Phi) is 5.86. The zero-order valence-electron chi connectivity index (χ0n) is 10.4. The van der Waals surface area contributed by atoms with E-state index in [1.165, 1.54) is 11.3 Å². The van der Waals surface area contributed by atoms with Gasteiger partial charge in [0.15, 0.2) is 0 Å². The van der Waals surface area contributed by atoms with Crippen molar-refractivity contribution in [1.29, 1.82) is 0 Å². The molecule has 0 saturated heterocycles. The van der Waals surface area contributed by atoms with E-state index < -0.39 is 5.97 Å². The summed E-state index contributed by atoms with van der Waals surface area (Å²) < 4.78 is 0.999. The van der Waals surface area contributed by atoms with Gasteiger partial charge < -0.3 is 7.96 Å². The largest absolute Gasteiger partial charge is 2.00 e. The molecule has 5 heteroatoms. The average Bonchev–Trinajstić information content (AvgIpc) is 2.68. The van der Waals surface area contributed by atoms with Crippen LogP contribution in [-0.4, -0.2) is 48.8 Å². The Morgan fingerprint density at radius 2 is 1.88 bits per heavy atom. The molecule has 16 heavy (non-hydrogen) atoms. The maximum absolute atomic E-state index is 10.7. The van der Waals surface area contributed by atoms with Crippen LogP contribution in [0.15, 0.2) is 51.6 Å². The third kappa shape index (κ3) is 3.79. The first-order chi connectivity index (χ1) is 7.25. The first-order valence-corrected chi connectivity index (χ1v) is 5.95. The first kappa shape index (κ1) is 14.1. The van der Waals surface area contributed by atoms with E-state index in [0.717, 1.165) is 9.10 Å². The molecule has 0 fully saturated rings. The van der Waals surface area contributed by atoms with Crippen LogP contribution in [-0.2, 0) is 0 Å². The number of carbonyl (C=O) groups is 1. The van der Waals surface area contributed by atoms with Crippen molar-refractivity contribution in [3.63, 3.8) is 0 Å². The number of benzene rings is 1. The van der Waals surface area contributed by atoms with Gasteiger partial charge in [-0.05, 0) is 24.3 Å². The van der Waals surface area contributed by atoms with Crippen molar-refractivity contribution >= 4 is 66.8 Å². The van der Waals surface area contributed by atoms with Crippen molar-refractivity contribution in [3.05, 3.63) is 47.3 Å². The number of hydrogen-bond acceptors (Lipinski definition) is 3. The Morgan fingerprint density at radius 3 is 2.44 bits per heavy atom. The van der Waals surface area contributed by atoms with Gasteiger partial charge in [0.1, 0.15) is 4.88 Å². The second-order valence-electron chi connectivity index (χ2n) is 2.84. The molecule has 0 aliphatic heterocycles. The van der Waals surface area contributed by atoms with Gasteiger partial charge >= 0.3 is 43.7 Å². The number of rotatable bonds is 3. The van der Waals surface area contributed by atoms with Crippen LogP contribution in [0.25, 0.3) is 0 Å². The van der Waals surface area contributed by atoms with Crippen molar-refractivity contribution in [2.24, 2.45) is 0 Å². The third-order valence-electron chi connectivity index (χ3n) is 1.75. The predicted octanol–water partition coefficient (Wildman–Crippen LogP) is 3.44. The fraction of sp³-hybridized carbons (Fsp3) is 0. The van der Waals surface area contributed by atoms with Crippen molar-refractivity contribution in [2.45, 2.75) is 9.10 Å². The smallest absolute Gasteiger partial charge is 1.00 e. The van der Waals surface area contributed by atoms with E-state index in [9.17, 15) is 4.79 Å². The van der Waals surface area contributed by atoms with Gasteiger partial charge in [-0.3, -0.25) is 0 Å². The van der Waals surface area contributed by atoms with Crippen molar-refractivity contribution in [1.82, 2.24) is 0 Å². The van der Waals surface area contributed by atoms with E-state index >= 15 is 0 Å². The molecule has 80 valence electrons. The number of hydrogen-bond donors (Lipinski definition) is 1. The van der Waals surface area contributed by atoms with Gasteiger partial charge in [-0.2, -0.15) is 0 Å². The molecule has 0 unspecified atom stereocenters. The molecule has 0 aliphatic rings. The van der Waals surface area contributed by atoms with Crippen LogP contribution in [0.4, 0.5) is 0 Å². The van der Waals surface area contributed by atoms with Crippen molar-refractivity contribution in [3.8, 4) is 0 Å². The molecule has 0 atom stereocenters. The summed E-state index contributed by atoms with van der Waals surface area (Å²) in [6.45, 7) is 0. The summed E-state index contributed by atoms with van der Waals surface area (Å²) in [4.78, 5) is 12.2. The molecule has 0 amide bonds. The molecule has 0 saturated carbocycles. The third-order valence-corrected chi connectivity index (χ3v) is 3.97. The molecule has 1 heterocycles. The van der Waals surface area contributed by atoms with Crippen molar-refractivity contribution in [2.75, 3.05) is 0 Å². The van der Waals surface area contributed by atoms with Gasteiger partial charge in [0.25, 0.3) is 0 Å². The van der Waals surface area contributed by atoms with E-state index in [-0.39, 0.29) is 40.6 Å². The van der Waals surface area contributed by atoms with Gasteiger partial charge in [-0.1, -0.05) is 30.0 Å². The molecule has 2 nitrogen and oxygen atoms in total. The van der Waals surface area contributed by atoms with Gasteiger partial charge in [0, 0.05) is 4.90 Å². The topological polar surface area (TPSA) is 37.3 Å². The van der Waals surface area contributed by atoms with E-state index in [2.05, 4.69) is 0 Å². The van der Waals surface area contributed by atoms with E-state index in [1.54, 1.807) is 17.8 Å². The van der Waals surface area contributed by atoms with E-state index in [4.69, 9.17) is 5.11 Å². The summed E-state index contributed by atoms with van der Waals surface area (Å²) in [5, 5.41) is 8.77. The summed E-state index contributed by atoms with van der Waals surface area (Å²) >= 11 is 2.88. The molecule has 2 aromatic rings. The molecule has 1 aromatic carbocycles. The van der Waals surface area contributed by atoms with Gasteiger partial charge in [-0.25, -0.2) is 4.79 Å². The maximum Gasteiger partial charge on any atom is 2.00 e. The van der Waals surface area contributed by atoms with E-state index in [0.29, 0.717) is 4.88 Å². The molecule has 0 aliphatic carbocycles. The van der Waals surface area contributed by atoms with Crippen LogP contribution >= 0.6 is 23.1 Å². The Labute approximate surface area is 135 Å². The van der Waals surface area contributed by atoms with Gasteiger partial charge in [-0.15, -0.1) is 11.3 Å². The number of carboxylic acids is 1.